The molecule has 0 amide bonds. The molecule has 6 nitrogen and oxygen atoms in total. The summed E-state index contributed by atoms with van der Waals surface area (Å²) in [6.07, 6.45) is 8.67. The van der Waals surface area contributed by atoms with E-state index in [1.54, 1.807) is 6.20 Å². The Morgan fingerprint density at radius 3 is 2.61 bits per heavy atom. The van der Waals surface area contributed by atoms with E-state index in [9.17, 15) is 0 Å². The first-order valence-electron chi connectivity index (χ1n) is 10.6. The van der Waals surface area contributed by atoms with Crippen molar-refractivity contribution in [2.75, 3.05) is 5.32 Å². The minimum absolute atomic E-state index is 0.164. The van der Waals surface area contributed by atoms with E-state index in [0.29, 0.717) is 0 Å². The Hall–Kier alpha value is -3.67. The maximum atomic E-state index is 4.91. The van der Waals surface area contributed by atoms with Gasteiger partial charge in [-0.25, -0.2) is 15.0 Å². The van der Waals surface area contributed by atoms with Gasteiger partial charge in [-0.2, -0.15) is 0 Å². The first-order valence-corrected chi connectivity index (χ1v) is 10.6. The molecule has 0 saturated carbocycles. The predicted molar refractivity (Wildman–Crippen MR) is 126 cm³/mol. The van der Waals surface area contributed by atoms with Gasteiger partial charge in [-0.1, -0.05) is 39.0 Å². The zero-order valence-corrected chi connectivity index (χ0v) is 18.3. The lowest BCUT2D eigenvalue weighted by Gasteiger charge is -2.23. The molecule has 5 aromatic rings. The van der Waals surface area contributed by atoms with Crippen LogP contribution in [-0.2, 0) is 12.5 Å². The number of rotatable bonds is 5. The number of nitrogens with zero attached hydrogens (tertiary/aromatic N) is 5. The van der Waals surface area contributed by atoms with E-state index in [1.807, 2.05) is 34.7 Å². The second-order valence-corrected chi connectivity index (χ2v) is 8.63. The Morgan fingerprint density at radius 1 is 1.03 bits per heavy atom. The number of nitrogens with one attached hydrogen (secondary N) is 1. The van der Waals surface area contributed by atoms with Crippen molar-refractivity contribution >= 4 is 28.2 Å². The highest BCUT2D eigenvalue weighted by Gasteiger charge is 2.18. The van der Waals surface area contributed by atoms with Crippen LogP contribution in [0.5, 0.6) is 0 Å². The van der Waals surface area contributed by atoms with Crippen LogP contribution < -0.4 is 5.32 Å². The summed E-state index contributed by atoms with van der Waals surface area (Å²) in [4.78, 5) is 13.9. The van der Waals surface area contributed by atoms with Crippen molar-refractivity contribution in [3.05, 3.63) is 72.9 Å². The highest BCUT2D eigenvalue weighted by atomic mass is 15.1. The number of imidazole rings is 2. The molecule has 0 atom stereocenters. The topological polar surface area (TPSA) is 60.0 Å². The number of anilines is 2. The predicted octanol–water partition coefficient (Wildman–Crippen LogP) is 5.71. The maximum Gasteiger partial charge on any atom is 0.180 e. The monoisotopic (exact) mass is 410 g/mol. The van der Waals surface area contributed by atoms with Crippen LogP contribution >= 0.6 is 0 Å². The smallest absolute Gasteiger partial charge is 0.180 e. The molecule has 0 fully saturated rings. The van der Waals surface area contributed by atoms with Gasteiger partial charge in [-0.05, 0) is 41.7 Å². The molecule has 156 valence electrons. The first kappa shape index (κ1) is 19.3. The highest BCUT2D eigenvalue weighted by molar-refractivity contribution is 5.82. The van der Waals surface area contributed by atoms with E-state index in [4.69, 9.17) is 4.98 Å². The standard InChI is InChI=1S/C25H26N6/c1-5-25(2,3)18-7-9-19(10-8-18)28-23-24-26-12-13-31(24)15-21(29-23)17-6-11-22-20(14-17)27-16-30(22)4/h6-16H,5H2,1-4H3,(H,28,29). The molecule has 0 radical (unpaired) electrons. The second-order valence-electron chi connectivity index (χ2n) is 8.63. The molecule has 0 bridgehead atoms. The van der Waals surface area contributed by atoms with Crippen molar-refractivity contribution in [1.29, 1.82) is 0 Å². The third-order valence-electron chi connectivity index (χ3n) is 6.21. The van der Waals surface area contributed by atoms with Crippen molar-refractivity contribution in [2.24, 2.45) is 7.05 Å². The molecule has 0 spiro atoms. The zero-order valence-electron chi connectivity index (χ0n) is 18.3. The summed E-state index contributed by atoms with van der Waals surface area (Å²) >= 11 is 0. The van der Waals surface area contributed by atoms with Gasteiger partial charge in [-0.3, -0.25) is 0 Å². The number of hydrogen-bond acceptors (Lipinski definition) is 4. The highest BCUT2D eigenvalue weighted by Crippen LogP contribution is 2.30. The summed E-state index contributed by atoms with van der Waals surface area (Å²) in [7, 11) is 2.00. The summed E-state index contributed by atoms with van der Waals surface area (Å²) < 4.78 is 4.02. The molecule has 0 unspecified atom stereocenters. The molecule has 3 heterocycles. The normalized spacial score (nSPS) is 12.0. The van der Waals surface area contributed by atoms with Crippen LogP contribution in [0.15, 0.2) is 67.4 Å². The summed E-state index contributed by atoms with van der Waals surface area (Å²) in [6.45, 7) is 6.76. The van der Waals surface area contributed by atoms with Crippen LogP contribution in [0.3, 0.4) is 0 Å². The number of aromatic nitrogens is 5. The quantitative estimate of drug-likeness (QED) is 0.403. The zero-order chi connectivity index (χ0) is 21.6. The van der Waals surface area contributed by atoms with Crippen LogP contribution in [0.4, 0.5) is 11.5 Å². The summed E-state index contributed by atoms with van der Waals surface area (Å²) in [5, 5.41) is 3.47. The summed E-state index contributed by atoms with van der Waals surface area (Å²) in [5.41, 5.74) is 7.21. The van der Waals surface area contributed by atoms with Gasteiger partial charge in [0, 0.05) is 36.9 Å². The molecule has 2 aromatic carbocycles. The van der Waals surface area contributed by atoms with Gasteiger partial charge in [0.05, 0.1) is 23.1 Å². The second kappa shape index (κ2) is 7.23. The molecule has 0 saturated heterocycles. The molecular weight excluding hydrogens is 384 g/mol. The van der Waals surface area contributed by atoms with Gasteiger partial charge in [-0.15, -0.1) is 0 Å². The van der Waals surface area contributed by atoms with E-state index in [1.165, 1.54) is 5.56 Å². The lowest BCUT2D eigenvalue weighted by Crippen LogP contribution is -2.15. The molecule has 3 aromatic heterocycles. The van der Waals surface area contributed by atoms with Gasteiger partial charge < -0.3 is 14.3 Å². The first-order chi connectivity index (χ1) is 14.9. The van der Waals surface area contributed by atoms with Gasteiger partial charge in [0.2, 0.25) is 0 Å². The maximum absolute atomic E-state index is 4.91. The van der Waals surface area contributed by atoms with Crippen LogP contribution in [0.2, 0.25) is 0 Å². The van der Waals surface area contributed by atoms with E-state index in [0.717, 1.165) is 45.9 Å². The van der Waals surface area contributed by atoms with Crippen LogP contribution in [0.25, 0.3) is 27.9 Å². The Labute approximate surface area is 181 Å². The Balaban J connectivity index is 1.53. The van der Waals surface area contributed by atoms with E-state index >= 15 is 0 Å². The fourth-order valence-corrected chi connectivity index (χ4v) is 3.80. The molecule has 31 heavy (non-hydrogen) atoms. The van der Waals surface area contributed by atoms with Crippen LogP contribution in [0, 0.1) is 0 Å². The van der Waals surface area contributed by atoms with Crippen molar-refractivity contribution in [1.82, 2.24) is 23.9 Å². The minimum Gasteiger partial charge on any atom is -0.337 e. The van der Waals surface area contributed by atoms with Gasteiger partial charge in [0.15, 0.2) is 11.5 Å². The lowest BCUT2D eigenvalue weighted by atomic mass is 9.82. The largest absolute Gasteiger partial charge is 0.337 e. The third-order valence-corrected chi connectivity index (χ3v) is 6.21. The third kappa shape index (κ3) is 3.44. The van der Waals surface area contributed by atoms with Crippen LogP contribution in [0.1, 0.15) is 32.8 Å². The van der Waals surface area contributed by atoms with Crippen molar-refractivity contribution in [3.63, 3.8) is 0 Å². The molecule has 0 aliphatic rings. The van der Waals surface area contributed by atoms with Crippen molar-refractivity contribution in [2.45, 2.75) is 32.6 Å². The molecule has 6 heteroatoms. The van der Waals surface area contributed by atoms with Crippen molar-refractivity contribution < 1.29 is 0 Å². The summed E-state index contributed by atoms with van der Waals surface area (Å²) in [6, 6.07) is 14.8. The van der Waals surface area contributed by atoms with E-state index in [-0.39, 0.29) is 5.41 Å². The Bertz CT molecular complexity index is 1370. The number of aryl methyl sites for hydroxylation is 1. The average Bonchev–Trinajstić information content (AvgIpc) is 3.40. The molecule has 0 aliphatic heterocycles. The molecule has 1 N–H and O–H groups in total. The van der Waals surface area contributed by atoms with E-state index < -0.39 is 0 Å². The van der Waals surface area contributed by atoms with Crippen molar-refractivity contribution in [3.8, 4) is 11.3 Å². The number of hydrogen-bond donors (Lipinski definition) is 1. The van der Waals surface area contributed by atoms with Gasteiger partial charge >= 0.3 is 0 Å². The SMILES string of the molecule is CCC(C)(C)c1ccc(Nc2nc(-c3ccc4c(c3)ncn4C)cn3ccnc23)cc1. The fourth-order valence-electron chi connectivity index (χ4n) is 3.80. The van der Waals surface area contributed by atoms with E-state index in [2.05, 4.69) is 78.5 Å². The Kier molecular flexibility index (Phi) is 4.50. The molecular formula is C25H26N6. The Morgan fingerprint density at radius 2 is 1.84 bits per heavy atom. The average molecular weight is 411 g/mol. The molecule has 0 aliphatic carbocycles. The summed E-state index contributed by atoms with van der Waals surface area (Å²) in [5.74, 6) is 0.728. The molecule has 5 rings (SSSR count). The lowest BCUT2D eigenvalue weighted by molar-refractivity contribution is 0.506. The van der Waals surface area contributed by atoms with Crippen LogP contribution in [-0.4, -0.2) is 23.9 Å². The van der Waals surface area contributed by atoms with Gasteiger partial charge in [0.1, 0.15) is 0 Å². The van der Waals surface area contributed by atoms with Gasteiger partial charge in [0.25, 0.3) is 0 Å². The number of fused-ring (bicyclic) bond motifs is 2. The fraction of sp³-hybridized carbons (Fsp3) is 0.240. The minimum atomic E-state index is 0.164. The number of benzene rings is 2.